The minimum Gasteiger partial charge on any atom is -0.354 e. The summed E-state index contributed by atoms with van der Waals surface area (Å²) in [4.78, 5) is 11.2. The number of hydrogen-bond donors (Lipinski definition) is 1. The lowest BCUT2D eigenvalue weighted by Crippen LogP contribution is -2.07. The number of fused-ring (bicyclic) bond motifs is 1. The van der Waals surface area contributed by atoms with Crippen molar-refractivity contribution in [2.45, 2.75) is 25.3 Å². The average molecular weight is 346 g/mol. The molecule has 2 rings (SSSR count). The second kappa shape index (κ2) is 6.93. The number of rotatable bonds is 7. The second-order valence-electron chi connectivity index (χ2n) is 4.83. The molecule has 1 N–H and O–H groups in total. The largest absolute Gasteiger partial charge is 0.354 e. The van der Waals surface area contributed by atoms with E-state index in [0.717, 1.165) is 28.2 Å². The summed E-state index contributed by atoms with van der Waals surface area (Å²) < 4.78 is 22.5. The number of sulfone groups is 1. The van der Waals surface area contributed by atoms with Gasteiger partial charge < -0.3 is 5.32 Å². The summed E-state index contributed by atoms with van der Waals surface area (Å²) in [5.74, 6) is 1.28. The van der Waals surface area contributed by atoms with Crippen LogP contribution >= 0.6 is 23.1 Å². The maximum atomic E-state index is 11.2. The fourth-order valence-corrected chi connectivity index (χ4v) is 4.88. The van der Waals surface area contributed by atoms with E-state index in [0.29, 0.717) is 11.7 Å². The molecule has 0 radical (unpaired) electrons. The fourth-order valence-electron chi connectivity index (χ4n) is 1.73. The first-order chi connectivity index (χ1) is 9.89. The molecule has 0 fully saturated rings. The van der Waals surface area contributed by atoms with E-state index in [1.807, 2.05) is 6.92 Å². The van der Waals surface area contributed by atoms with Crippen molar-refractivity contribution in [1.82, 2.24) is 9.97 Å². The smallest absolute Gasteiger partial charge is 0.225 e. The van der Waals surface area contributed by atoms with E-state index in [9.17, 15) is 8.42 Å². The van der Waals surface area contributed by atoms with E-state index >= 15 is 0 Å². The molecular formula is C13H19N3O2S3. The summed E-state index contributed by atoms with van der Waals surface area (Å²) in [6.45, 7) is 4.95. The number of aryl methyl sites for hydroxylation is 1. The Morgan fingerprint density at radius 2 is 2.14 bits per heavy atom. The first-order valence-corrected chi connectivity index (χ1v) is 10.6. The molecule has 0 aliphatic heterocycles. The molecule has 0 saturated carbocycles. The minimum atomic E-state index is -2.94. The van der Waals surface area contributed by atoms with Gasteiger partial charge in [0.15, 0.2) is 0 Å². The van der Waals surface area contributed by atoms with Gasteiger partial charge in [0.25, 0.3) is 0 Å². The van der Waals surface area contributed by atoms with Crippen LogP contribution in [0.15, 0.2) is 11.1 Å². The topological polar surface area (TPSA) is 72.0 Å². The molecule has 21 heavy (non-hydrogen) atoms. The van der Waals surface area contributed by atoms with Crippen molar-refractivity contribution in [3.63, 3.8) is 0 Å². The van der Waals surface area contributed by atoms with Crippen molar-refractivity contribution in [3.8, 4) is 0 Å². The Hall–Kier alpha value is -0.860. The van der Waals surface area contributed by atoms with Crippen LogP contribution < -0.4 is 5.32 Å². The highest BCUT2D eigenvalue weighted by Gasteiger charge is 2.12. The van der Waals surface area contributed by atoms with Crippen molar-refractivity contribution in [2.24, 2.45) is 0 Å². The molecule has 0 saturated heterocycles. The highest BCUT2D eigenvalue weighted by atomic mass is 32.2. The van der Waals surface area contributed by atoms with E-state index in [1.54, 1.807) is 11.3 Å². The molecule has 0 aliphatic rings. The van der Waals surface area contributed by atoms with Crippen LogP contribution in [0.3, 0.4) is 0 Å². The number of nitrogens with zero attached hydrogens (tertiary/aromatic N) is 2. The van der Waals surface area contributed by atoms with Crippen LogP contribution in [-0.2, 0) is 9.84 Å². The summed E-state index contributed by atoms with van der Waals surface area (Å²) >= 11 is 3.10. The van der Waals surface area contributed by atoms with Crippen LogP contribution in [0.4, 0.5) is 5.95 Å². The van der Waals surface area contributed by atoms with E-state index in [1.165, 1.54) is 22.9 Å². The lowest BCUT2D eigenvalue weighted by atomic mass is 10.4. The Balaban J connectivity index is 2.26. The maximum absolute atomic E-state index is 11.2. The average Bonchev–Trinajstić information content (AvgIpc) is 2.75. The third-order valence-electron chi connectivity index (χ3n) is 2.71. The molecular weight excluding hydrogens is 326 g/mol. The molecule has 116 valence electrons. The summed E-state index contributed by atoms with van der Waals surface area (Å²) in [7, 11) is -2.94. The monoisotopic (exact) mass is 345 g/mol. The quantitative estimate of drug-likeness (QED) is 0.614. The zero-order valence-corrected chi connectivity index (χ0v) is 14.8. The van der Waals surface area contributed by atoms with Crippen LogP contribution in [0.1, 0.15) is 18.2 Å². The molecule has 2 aromatic rings. The van der Waals surface area contributed by atoms with Gasteiger partial charge in [0, 0.05) is 28.8 Å². The Morgan fingerprint density at radius 1 is 1.38 bits per heavy atom. The number of nitrogens with one attached hydrogen (secondary N) is 1. The van der Waals surface area contributed by atoms with Crippen molar-refractivity contribution < 1.29 is 8.42 Å². The molecule has 2 aromatic heterocycles. The number of anilines is 1. The van der Waals surface area contributed by atoms with E-state index in [2.05, 4.69) is 28.3 Å². The molecule has 0 aromatic carbocycles. The van der Waals surface area contributed by atoms with Crippen molar-refractivity contribution in [3.05, 3.63) is 10.9 Å². The normalized spacial score (nSPS) is 12.0. The lowest BCUT2D eigenvalue weighted by molar-refractivity contribution is 0.603. The molecule has 0 atom stereocenters. The molecule has 0 spiro atoms. The highest BCUT2D eigenvalue weighted by Crippen LogP contribution is 2.32. The van der Waals surface area contributed by atoms with Gasteiger partial charge in [-0.2, -0.15) is 0 Å². The fraction of sp³-hybridized carbons (Fsp3) is 0.538. The maximum Gasteiger partial charge on any atom is 0.225 e. The summed E-state index contributed by atoms with van der Waals surface area (Å²) in [5, 5.41) is 5.06. The Morgan fingerprint density at radius 3 is 2.81 bits per heavy atom. The number of hydrogen-bond acceptors (Lipinski definition) is 7. The molecule has 0 aliphatic carbocycles. The SMILES string of the molecule is CCCNc1nc(SCCS(C)(=O)=O)c2cc(C)sc2n1. The van der Waals surface area contributed by atoms with Crippen LogP contribution in [0.25, 0.3) is 10.2 Å². The third-order valence-corrected chi connectivity index (χ3v) is 5.85. The van der Waals surface area contributed by atoms with Gasteiger partial charge >= 0.3 is 0 Å². The Kier molecular flexibility index (Phi) is 5.45. The molecule has 8 heteroatoms. The number of aromatic nitrogens is 2. The summed E-state index contributed by atoms with van der Waals surface area (Å²) in [6, 6.07) is 2.06. The van der Waals surface area contributed by atoms with Gasteiger partial charge in [0.1, 0.15) is 19.7 Å². The van der Waals surface area contributed by atoms with Crippen molar-refractivity contribution in [1.29, 1.82) is 0 Å². The van der Waals surface area contributed by atoms with Crippen LogP contribution in [0, 0.1) is 6.92 Å². The van der Waals surface area contributed by atoms with E-state index in [4.69, 9.17) is 0 Å². The minimum absolute atomic E-state index is 0.157. The van der Waals surface area contributed by atoms with Crippen molar-refractivity contribution in [2.75, 3.05) is 29.6 Å². The first kappa shape index (κ1) is 16.5. The number of thiophene rings is 1. The van der Waals surface area contributed by atoms with Gasteiger partial charge in [-0.3, -0.25) is 0 Å². The van der Waals surface area contributed by atoms with Gasteiger partial charge in [-0.1, -0.05) is 6.92 Å². The highest BCUT2D eigenvalue weighted by molar-refractivity contribution is 8.00. The second-order valence-corrected chi connectivity index (χ2v) is 9.41. The molecule has 0 bridgehead atoms. The van der Waals surface area contributed by atoms with Gasteiger partial charge in [0.05, 0.1) is 5.75 Å². The van der Waals surface area contributed by atoms with Crippen LogP contribution in [0.2, 0.25) is 0 Å². The molecule has 2 heterocycles. The Labute approximate surface area is 133 Å². The summed E-state index contributed by atoms with van der Waals surface area (Å²) in [5.41, 5.74) is 0. The van der Waals surface area contributed by atoms with E-state index < -0.39 is 9.84 Å². The predicted octanol–water partition coefficient (Wildman–Crippen LogP) is 2.96. The molecule has 0 amide bonds. The predicted molar refractivity (Wildman–Crippen MR) is 91.4 cm³/mol. The standard InChI is InChI=1S/C13H19N3O2S3/c1-4-5-14-13-15-11(19-6-7-21(3,17)18)10-8-9(2)20-12(10)16-13/h8H,4-7H2,1-3H3,(H,14,15,16). The first-order valence-electron chi connectivity index (χ1n) is 6.71. The van der Waals surface area contributed by atoms with Gasteiger partial charge in [0.2, 0.25) is 5.95 Å². The Bertz CT molecular complexity index is 726. The van der Waals surface area contributed by atoms with Gasteiger partial charge in [-0.05, 0) is 19.4 Å². The molecule has 5 nitrogen and oxygen atoms in total. The zero-order valence-electron chi connectivity index (χ0n) is 12.3. The van der Waals surface area contributed by atoms with Crippen LogP contribution in [-0.4, -0.2) is 42.7 Å². The van der Waals surface area contributed by atoms with Gasteiger partial charge in [-0.15, -0.1) is 23.1 Å². The van der Waals surface area contributed by atoms with Crippen LogP contribution in [0.5, 0.6) is 0 Å². The van der Waals surface area contributed by atoms with Gasteiger partial charge in [-0.25, -0.2) is 18.4 Å². The zero-order chi connectivity index (χ0) is 15.5. The lowest BCUT2D eigenvalue weighted by Gasteiger charge is -2.06. The van der Waals surface area contributed by atoms with Crippen molar-refractivity contribution >= 4 is 49.1 Å². The molecule has 0 unspecified atom stereocenters. The third kappa shape index (κ3) is 4.82. The number of thioether (sulfide) groups is 1. The summed E-state index contributed by atoms with van der Waals surface area (Å²) in [6.07, 6.45) is 2.26. The van der Waals surface area contributed by atoms with E-state index in [-0.39, 0.29) is 5.75 Å².